The number of benzene rings is 1. The van der Waals surface area contributed by atoms with Crippen LogP contribution >= 0.6 is 0 Å². The van der Waals surface area contributed by atoms with Crippen LogP contribution in [0.1, 0.15) is 30.2 Å². The fourth-order valence-electron chi connectivity index (χ4n) is 2.16. The minimum atomic E-state index is -0.256. The largest absolute Gasteiger partial charge is 0.508 e. The van der Waals surface area contributed by atoms with Crippen molar-refractivity contribution in [2.24, 2.45) is 0 Å². The number of aromatic hydroxyl groups is 1. The van der Waals surface area contributed by atoms with Gasteiger partial charge in [0.15, 0.2) is 0 Å². The van der Waals surface area contributed by atoms with E-state index in [2.05, 4.69) is 36.2 Å². The normalized spacial score (nSPS) is 10.6. The molecule has 0 aliphatic heterocycles. The van der Waals surface area contributed by atoms with Gasteiger partial charge in [0, 0.05) is 11.8 Å². The van der Waals surface area contributed by atoms with Crippen LogP contribution in [0.3, 0.4) is 0 Å². The van der Waals surface area contributed by atoms with Gasteiger partial charge in [-0.2, -0.15) is 0 Å². The van der Waals surface area contributed by atoms with Crippen molar-refractivity contribution in [3.05, 3.63) is 63.6 Å². The molecule has 2 aromatic rings. The van der Waals surface area contributed by atoms with E-state index >= 15 is 0 Å². The van der Waals surface area contributed by atoms with Gasteiger partial charge in [-0.1, -0.05) is 37.6 Å². The van der Waals surface area contributed by atoms with Crippen LogP contribution in [0.15, 0.2) is 41.2 Å². The Kier molecular flexibility index (Phi) is 4.39. The summed E-state index contributed by atoms with van der Waals surface area (Å²) in [4.78, 5) is 14.0. The summed E-state index contributed by atoms with van der Waals surface area (Å²) < 4.78 is 0. The highest BCUT2D eigenvalue weighted by Crippen LogP contribution is 2.11. The molecule has 100 valence electrons. The van der Waals surface area contributed by atoms with Gasteiger partial charge in [-0.05, 0) is 36.5 Å². The van der Waals surface area contributed by atoms with E-state index in [4.69, 9.17) is 0 Å². The molecule has 1 aromatic heterocycles. The van der Waals surface area contributed by atoms with E-state index in [0.29, 0.717) is 0 Å². The molecule has 2 rings (SSSR count). The molecule has 0 saturated carbocycles. The Labute approximate surface area is 112 Å². The Morgan fingerprint density at radius 1 is 1.00 bits per heavy atom. The molecule has 1 heterocycles. The van der Waals surface area contributed by atoms with Crippen molar-refractivity contribution in [1.82, 2.24) is 4.98 Å². The van der Waals surface area contributed by atoms with Crippen molar-refractivity contribution in [3.8, 4) is 5.75 Å². The molecule has 0 spiro atoms. The monoisotopic (exact) mass is 257 g/mol. The molecule has 0 bridgehead atoms. The molecule has 19 heavy (non-hydrogen) atoms. The predicted molar refractivity (Wildman–Crippen MR) is 76.6 cm³/mol. The maximum Gasteiger partial charge on any atom is 0.251 e. The first-order chi connectivity index (χ1) is 9.17. The number of rotatable bonds is 5. The van der Waals surface area contributed by atoms with Gasteiger partial charge in [0.25, 0.3) is 5.56 Å². The van der Waals surface area contributed by atoms with Gasteiger partial charge in [0.2, 0.25) is 0 Å². The molecule has 3 nitrogen and oxygen atoms in total. The zero-order chi connectivity index (χ0) is 13.7. The molecule has 0 fully saturated rings. The first kappa shape index (κ1) is 13.4. The lowest BCUT2D eigenvalue weighted by atomic mass is 10.0. The number of aromatic amines is 1. The summed E-state index contributed by atoms with van der Waals surface area (Å²) in [5, 5.41) is 9.37. The smallest absolute Gasteiger partial charge is 0.251 e. The molecule has 2 N–H and O–H groups in total. The molecule has 0 aliphatic rings. The van der Waals surface area contributed by atoms with E-state index < -0.39 is 0 Å². The Hall–Kier alpha value is -2.03. The van der Waals surface area contributed by atoms with Crippen molar-refractivity contribution < 1.29 is 5.11 Å². The van der Waals surface area contributed by atoms with Gasteiger partial charge < -0.3 is 10.1 Å². The van der Waals surface area contributed by atoms with Crippen LogP contribution in [0.2, 0.25) is 0 Å². The lowest BCUT2D eigenvalue weighted by Crippen LogP contribution is -2.07. The van der Waals surface area contributed by atoms with Gasteiger partial charge in [-0.25, -0.2) is 0 Å². The van der Waals surface area contributed by atoms with Crippen LogP contribution in [0, 0.1) is 0 Å². The number of aryl methyl sites for hydroxylation is 3. The molecule has 0 atom stereocenters. The fourth-order valence-corrected chi connectivity index (χ4v) is 2.16. The van der Waals surface area contributed by atoms with E-state index in [9.17, 15) is 9.90 Å². The Morgan fingerprint density at radius 3 is 2.21 bits per heavy atom. The van der Waals surface area contributed by atoms with Crippen molar-refractivity contribution in [3.63, 3.8) is 0 Å². The minimum Gasteiger partial charge on any atom is -0.508 e. The summed E-state index contributed by atoms with van der Waals surface area (Å²) >= 11 is 0. The predicted octanol–water partition coefficient (Wildman–Crippen LogP) is 2.82. The second-order valence-corrected chi connectivity index (χ2v) is 4.79. The van der Waals surface area contributed by atoms with Crippen molar-refractivity contribution >= 4 is 0 Å². The summed E-state index contributed by atoms with van der Waals surface area (Å²) in [6.45, 7) is 2.17. The molecular weight excluding hydrogens is 238 g/mol. The molecule has 0 radical (unpaired) electrons. The molecule has 0 amide bonds. The number of nitrogens with one attached hydrogen (secondary N) is 1. The van der Waals surface area contributed by atoms with Crippen molar-refractivity contribution in [2.45, 2.75) is 32.6 Å². The lowest BCUT2D eigenvalue weighted by molar-refractivity contribution is 0.472. The summed E-state index contributed by atoms with van der Waals surface area (Å²) in [6.07, 6.45) is 3.84. The summed E-state index contributed by atoms with van der Waals surface area (Å²) in [7, 11) is 0. The zero-order valence-electron chi connectivity index (χ0n) is 11.1. The van der Waals surface area contributed by atoms with Gasteiger partial charge in [-0.15, -0.1) is 0 Å². The Morgan fingerprint density at radius 2 is 1.63 bits per heavy atom. The lowest BCUT2D eigenvalue weighted by Gasteiger charge is -2.04. The maximum absolute atomic E-state index is 11.2. The van der Waals surface area contributed by atoms with E-state index in [1.807, 2.05) is 0 Å². The number of pyridine rings is 1. The third-order valence-electron chi connectivity index (χ3n) is 3.13. The first-order valence-corrected chi connectivity index (χ1v) is 6.67. The number of hydrogen-bond acceptors (Lipinski definition) is 2. The average molecular weight is 257 g/mol. The van der Waals surface area contributed by atoms with Crippen LogP contribution in [0.25, 0.3) is 0 Å². The second kappa shape index (κ2) is 6.23. The van der Waals surface area contributed by atoms with E-state index in [-0.39, 0.29) is 11.3 Å². The third kappa shape index (κ3) is 3.98. The van der Waals surface area contributed by atoms with Crippen molar-refractivity contribution in [2.75, 3.05) is 0 Å². The summed E-state index contributed by atoms with van der Waals surface area (Å²) in [6, 6.07) is 11.4. The van der Waals surface area contributed by atoms with Crippen LogP contribution < -0.4 is 5.56 Å². The molecular formula is C16H19NO2. The van der Waals surface area contributed by atoms with E-state index in [1.165, 1.54) is 17.2 Å². The highest BCUT2D eigenvalue weighted by Gasteiger charge is 2.00. The summed E-state index contributed by atoms with van der Waals surface area (Å²) in [5.74, 6) is 0.0250. The Bertz CT molecular complexity index is 584. The van der Waals surface area contributed by atoms with Crippen LogP contribution in [-0.4, -0.2) is 10.1 Å². The number of hydrogen-bond donors (Lipinski definition) is 2. The fraction of sp³-hybridized carbons (Fsp3) is 0.312. The van der Waals surface area contributed by atoms with Crippen LogP contribution in [-0.2, 0) is 19.3 Å². The quantitative estimate of drug-likeness (QED) is 0.865. The standard InChI is InChI=1S/C16H19NO2/c1-2-3-12-4-6-13(7-5-12)8-9-14-10-15(18)11-16(19)17-14/h4-7,10-11H,2-3,8-9H2,1H3,(H2,17,18,19). The SMILES string of the molecule is CCCc1ccc(CCc2cc(O)cc(=O)[nH]2)cc1. The van der Waals surface area contributed by atoms with Crippen LogP contribution in [0.5, 0.6) is 5.75 Å². The van der Waals surface area contributed by atoms with Gasteiger partial charge in [0.05, 0.1) is 0 Å². The highest BCUT2D eigenvalue weighted by molar-refractivity contribution is 5.25. The zero-order valence-corrected chi connectivity index (χ0v) is 11.1. The topological polar surface area (TPSA) is 53.1 Å². The first-order valence-electron chi connectivity index (χ1n) is 6.67. The van der Waals surface area contributed by atoms with Crippen molar-refractivity contribution in [1.29, 1.82) is 0 Å². The molecule has 0 unspecified atom stereocenters. The maximum atomic E-state index is 11.2. The van der Waals surface area contributed by atoms with E-state index in [1.54, 1.807) is 6.07 Å². The molecule has 0 saturated heterocycles. The van der Waals surface area contributed by atoms with Gasteiger partial charge >= 0.3 is 0 Å². The highest BCUT2D eigenvalue weighted by atomic mass is 16.3. The van der Waals surface area contributed by atoms with Crippen LogP contribution in [0.4, 0.5) is 0 Å². The number of H-pyrrole nitrogens is 1. The number of aromatic nitrogens is 1. The molecule has 3 heteroatoms. The van der Waals surface area contributed by atoms with Gasteiger partial charge in [-0.3, -0.25) is 4.79 Å². The molecule has 0 aliphatic carbocycles. The third-order valence-corrected chi connectivity index (χ3v) is 3.13. The molecule has 1 aromatic carbocycles. The Balaban J connectivity index is 1.99. The minimum absolute atomic E-state index is 0.0250. The summed E-state index contributed by atoms with van der Waals surface area (Å²) in [5.41, 5.74) is 3.11. The van der Waals surface area contributed by atoms with Gasteiger partial charge in [0.1, 0.15) is 5.75 Å². The second-order valence-electron chi connectivity index (χ2n) is 4.79. The van der Waals surface area contributed by atoms with E-state index in [0.717, 1.165) is 31.4 Å². The average Bonchev–Trinajstić information content (AvgIpc) is 2.37.